The predicted molar refractivity (Wildman–Crippen MR) is 81.6 cm³/mol. The summed E-state index contributed by atoms with van der Waals surface area (Å²) in [4.78, 5) is 34.9. The van der Waals surface area contributed by atoms with Crippen molar-refractivity contribution in [2.75, 3.05) is 13.2 Å². The quantitative estimate of drug-likeness (QED) is 0.768. The maximum Gasteiger partial charge on any atom is 0.325 e. The van der Waals surface area contributed by atoms with Crippen molar-refractivity contribution in [1.29, 1.82) is 0 Å². The van der Waals surface area contributed by atoms with Gasteiger partial charge in [-0.25, -0.2) is 0 Å². The molecule has 2 rings (SSSR count). The fourth-order valence-corrected chi connectivity index (χ4v) is 2.62. The minimum absolute atomic E-state index is 0.113. The molecule has 0 saturated heterocycles. The molecule has 1 aromatic heterocycles. The van der Waals surface area contributed by atoms with E-state index in [2.05, 4.69) is 17.6 Å². The Labute approximate surface area is 134 Å². The van der Waals surface area contributed by atoms with E-state index in [1.165, 1.54) is 18.8 Å². The van der Waals surface area contributed by atoms with Crippen LogP contribution in [-0.2, 0) is 14.3 Å². The Morgan fingerprint density at radius 3 is 2.78 bits per heavy atom. The van der Waals surface area contributed by atoms with Crippen molar-refractivity contribution in [2.45, 2.75) is 38.6 Å². The Hall–Kier alpha value is -2.31. The molecule has 0 radical (unpaired) electrons. The lowest BCUT2D eigenvalue weighted by atomic mass is 9.86. The second-order valence-corrected chi connectivity index (χ2v) is 5.76. The molecule has 1 heterocycles. The number of nitrogens with one attached hydrogen (secondary N) is 2. The van der Waals surface area contributed by atoms with E-state index in [4.69, 9.17) is 9.15 Å². The molecular weight excluding hydrogens is 300 g/mol. The first-order valence-electron chi connectivity index (χ1n) is 7.83. The van der Waals surface area contributed by atoms with Crippen molar-refractivity contribution in [3.8, 4) is 0 Å². The van der Waals surface area contributed by atoms with E-state index in [1.54, 1.807) is 6.07 Å². The maximum atomic E-state index is 11.8. The maximum absolute atomic E-state index is 11.8. The summed E-state index contributed by atoms with van der Waals surface area (Å²) in [5.41, 5.74) is 0. The van der Waals surface area contributed by atoms with Gasteiger partial charge in [0.05, 0.1) is 6.26 Å². The van der Waals surface area contributed by atoms with Gasteiger partial charge in [-0.15, -0.1) is 0 Å². The summed E-state index contributed by atoms with van der Waals surface area (Å²) in [5.74, 6) is -0.934. The normalized spacial score (nSPS) is 20.6. The molecular formula is C16H22N2O5. The first kappa shape index (κ1) is 17.1. The number of esters is 1. The lowest BCUT2D eigenvalue weighted by molar-refractivity contribution is -0.147. The standard InChI is InChI=1S/C16H22N2O5/c1-11-5-2-3-6-12(11)18-14(19)10-23-15(20)9-17-16(21)13-7-4-8-22-13/h4,7-8,11-12H,2-3,5-6,9-10H2,1H3,(H,17,21)(H,18,19)/t11-,12+/m1/s1. The highest BCUT2D eigenvalue weighted by Gasteiger charge is 2.23. The van der Waals surface area contributed by atoms with Gasteiger partial charge in [0.2, 0.25) is 0 Å². The Morgan fingerprint density at radius 2 is 2.09 bits per heavy atom. The number of furan rings is 1. The summed E-state index contributed by atoms with van der Waals surface area (Å²) < 4.78 is 9.74. The van der Waals surface area contributed by atoms with Gasteiger partial charge >= 0.3 is 5.97 Å². The van der Waals surface area contributed by atoms with Gasteiger partial charge in [0, 0.05) is 6.04 Å². The molecule has 0 unspecified atom stereocenters. The molecule has 2 atom stereocenters. The molecule has 0 spiro atoms. The lowest BCUT2D eigenvalue weighted by Crippen LogP contribution is -2.43. The van der Waals surface area contributed by atoms with Crippen molar-refractivity contribution >= 4 is 17.8 Å². The molecule has 23 heavy (non-hydrogen) atoms. The summed E-state index contributed by atoms with van der Waals surface area (Å²) in [5, 5.41) is 5.25. The van der Waals surface area contributed by atoms with E-state index in [-0.39, 0.29) is 30.9 Å². The van der Waals surface area contributed by atoms with Gasteiger partial charge in [-0.2, -0.15) is 0 Å². The van der Waals surface area contributed by atoms with E-state index in [0.717, 1.165) is 19.3 Å². The second kappa shape index (κ2) is 8.36. The van der Waals surface area contributed by atoms with Gasteiger partial charge in [0.1, 0.15) is 6.54 Å². The molecule has 1 aliphatic rings. The van der Waals surface area contributed by atoms with Crippen LogP contribution in [0.4, 0.5) is 0 Å². The van der Waals surface area contributed by atoms with E-state index in [1.807, 2.05) is 0 Å². The number of hydrogen-bond acceptors (Lipinski definition) is 5. The van der Waals surface area contributed by atoms with Gasteiger partial charge in [0.25, 0.3) is 11.8 Å². The molecule has 126 valence electrons. The number of amides is 2. The SMILES string of the molecule is C[C@@H]1CCCC[C@@H]1NC(=O)COC(=O)CNC(=O)c1ccco1. The van der Waals surface area contributed by atoms with Crippen LogP contribution in [0.2, 0.25) is 0 Å². The summed E-state index contributed by atoms with van der Waals surface area (Å²) >= 11 is 0. The topological polar surface area (TPSA) is 97.6 Å². The summed E-state index contributed by atoms with van der Waals surface area (Å²) in [6, 6.07) is 3.21. The molecule has 1 fully saturated rings. The molecule has 0 aromatic carbocycles. The van der Waals surface area contributed by atoms with E-state index in [9.17, 15) is 14.4 Å². The summed E-state index contributed by atoms with van der Waals surface area (Å²) in [6.45, 7) is 1.46. The first-order valence-corrected chi connectivity index (χ1v) is 7.83. The van der Waals surface area contributed by atoms with E-state index >= 15 is 0 Å². The van der Waals surface area contributed by atoms with Crippen molar-refractivity contribution in [2.24, 2.45) is 5.92 Å². The molecule has 1 aliphatic carbocycles. The third-order valence-corrected chi connectivity index (χ3v) is 3.96. The number of hydrogen-bond donors (Lipinski definition) is 2. The van der Waals surface area contributed by atoms with Crippen molar-refractivity contribution in [3.63, 3.8) is 0 Å². The van der Waals surface area contributed by atoms with Crippen LogP contribution in [0.25, 0.3) is 0 Å². The van der Waals surface area contributed by atoms with Gasteiger partial charge < -0.3 is 19.8 Å². The largest absolute Gasteiger partial charge is 0.459 e. The predicted octanol–water partition coefficient (Wildman–Crippen LogP) is 1.25. The third-order valence-electron chi connectivity index (χ3n) is 3.96. The molecule has 2 amide bonds. The van der Waals surface area contributed by atoms with E-state index < -0.39 is 11.9 Å². The average Bonchev–Trinajstić information content (AvgIpc) is 3.07. The van der Waals surface area contributed by atoms with Crippen LogP contribution < -0.4 is 10.6 Å². The molecule has 7 nitrogen and oxygen atoms in total. The fraction of sp³-hybridized carbons (Fsp3) is 0.562. The zero-order valence-electron chi connectivity index (χ0n) is 13.2. The highest BCUT2D eigenvalue weighted by molar-refractivity contribution is 5.93. The van der Waals surface area contributed by atoms with Gasteiger partial charge in [0.15, 0.2) is 12.4 Å². The van der Waals surface area contributed by atoms with Crippen LogP contribution in [0, 0.1) is 5.92 Å². The molecule has 0 bridgehead atoms. The Balaban J connectivity index is 1.63. The van der Waals surface area contributed by atoms with Crippen LogP contribution in [0.3, 0.4) is 0 Å². The number of carbonyl (C=O) groups is 3. The van der Waals surface area contributed by atoms with Crippen LogP contribution in [-0.4, -0.2) is 37.0 Å². The zero-order chi connectivity index (χ0) is 16.7. The number of rotatable bonds is 6. The van der Waals surface area contributed by atoms with Crippen molar-refractivity contribution in [1.82, 2.24) is 10.6 Å². The Morgan fingerprint density at radius 1 is 1.30 bits per heavy atom. The highest BCUT2D eigenvalue weighted by Crippen LogP contribution is 2.23. The number of ether oxygens (including phenoxy) is 1. The van der Waals surface area contributed by atoms with Crippen LogP contribution in [0.1, 0.15) is 43.2 Å². The molecule has 2 N–H and O–H groups in total. The van der Waals surface area contributed by atoms with Gasteiger partial charge in [-0.3, -0.25) is 14.4 Å². The van der Waals surface area contributed by atoms with Gasteiger partial charge in [-0.1, -0.05) is 19.8 Å². The van der Waals surface area contributed by atoms with Crippen LogP contribution >= 0.6 is 0 Å². The van der Waals surface area contributed by atoms with Crippen molar-refractivity contribution in [3.05, 3.63) is 24.2 Å². The Kier molecular flexibility index (Phi) is 6.19. The summed E-state index contributed by atoms with van der Waals surface area (Å²) in [6.07, 6.45) is 5.72. The average molecular weight is 322 g/mol. The third kappa shape index (κ3) is 5.43. The minimum atomic E-state index is -0.670. The van der Waals surface area contributed by atoms with Crippen molar-refractivity contribution < 1.29 is 23.5 Å². The monoisotopic (exact) mass is 322 g/mol. The zero-order valence-corrected chi connectivity index (χ0v) is 13.2. The fourth-order valence-electron chi connectivity index (χ4n) is 2.62. The molecule has 7 heteroatoms. The molecule has 1 saturated carbocycles. The molecule has 0 aliphatic heterocycles. The lowest BCUT2D eigenvalue weighted by Gasteiger charge is -2.29. The minimum Gasteiger partial charge on any atom is -0.459 e. The smallest absolute Gasteiger partial charge is 0.325 e. The summed E-state index contributed by atoms with van der Waals surface area (Å²) in [7, 11) is 0. The second-order valence-electron chi connectivity index (χ2n) is 5.76. The van der Waals surface area contributed by atoms with Crippen LogP contribution in [0.5, 0.6) is 0 Å². The highest BCUT2D eigenvalue weighted by atomic mass is 16.5. The van der Waals surface area contributed by atoms with Crippen LogP contribution in [0.15, 0.2) is 22.8 Å². The van der Waals surface area contributed by atoms with E-state index in [0.29, 0.717) is 5.92 Å². The Bertz CT molecular complexity index is 541. The van der Waals surface area contributed by atoms with Gasteiger partial charge in [-0.05, 0) is 30.9 Å². The number of carbonyl (C=O) groups excluding carboxylic acids is 3. The first-order chi connectivity index (χ1) is 11.1. The molecule has 1 aromatic rings.